The van der Waals surface area contributed by atoms with Gasteiger partial charge in [-0.15, -0.1) is 0 Å². The maximum atomic E-state index is 12.7. The third kappa shape index (κ3) is 5.37. The topological polar surface area (TPSA) is 50.8 Å². The number of rotatable bonds is 6. The molecular formula is C24H30N2O3. The fourth-order valence-corrected chi connectivity index (χ4v) is 4.31. The average Bonchev–Trinajstić information content (AvgIpc) is 3.16. The van der Waals surface area contributed by atoms with E-state index in [9.17, 15) is 4.79 Å². The number of carbonyl (C=O) groups excluding carboxylic acids is 1. The van der Waals surface area contributed by atoms with Crippen molar-refractivity contribution in [2.45, 2.75) is 32.3 Å². The molecule has 29 heavy (non-hydrogen) atoms. The summed E-state index contributed by atoms with van der Waals surface area (Å²) in [6.07, 6.45) is 4.20. The zero-order valence-corrected chi connectivity index (χ0v) is 16.9. The monoisotopic (exact) mass is 394 g/mol. The third-order valence-electron chi connectivity index (χ3n) is 5.95. The maximum absolute atomic E-state index is 12.7. The molecule has 1 spiro atoms. The molecule has 2 heterocycles. The average molecular weight is 395 g/mol. The first-order chi connectivity index (χ1) is 14.2. The molecule has 5 heteroatoms. The summed E-state index contributed by atoms with van der Waals surface area (Å²) >= 11 is 0. The van der Waals surface area contributed by atoms with E-state index >= 15 is 0 Å². The van der Waals surface area contributed by atoms with Crippen LogP contribution in [0.5, 0.6) is 0 Å². The van der Waals surface area contributed by atoms with Gasteiger partial charge in [0.2, 0.25) is 0 Å². The van der Waals surface area contributed by atoms with Crippen LogP contribution in [0.2, 0.25) is 0 Å². The summed E-state index contributed by atoms with van der Waals surface area (Å²) < 4.78 is 11.5. The molecule has 154 valence electrons. The van der Waals surface area contributed by atoms with Gasteiger partial charge in [-0.05, 0) is 48.9 Å². The summed E-state index contributed by atoms with van der Waals surface area (Å²) in [5.41, 5.74) is 3.33. The number of carbonyl (C=O) groups is 1. The highest BCUT2D eigenvalue weighted by molar-refractivity contribution is 5.89. The zero-order chi connectivity index (χ0) is 19.9. The Kier molecular flexibility index (Phi) is 6.47. The predicted octanol–water partition coefficient (Wildman–Crippen LogP) is 4.48. The second-order valence-corrected chi connectivity index (χ2v) is 8.25. The van der Waals surface area contributed by atoms with Gasteiger partial charge >= 0.3 is 6.03 Å². The van der Waals surface area contributed by atoms with Crippen molar-refractivity contribution in [1.29, 1.82) is 0 Å². The minimum Gasteiger partial charge on any atom is -0.381 e. The van der Waals surface area contributed by atoms with E-state index in [1.54, 1.807) is 0 Å². The number of nitrogens with zero attached hydrogens (tertiary/aromatic N) is 1. The van der Waals surface area contributed by atoms with Crippen molar-refractivity contribution in [1.82, 2.24) is 4.90 Å². The molecule has 2 amide bonds. The Balaban J connectivity index is 1.24. The van der Waals surface area contributed by atoms with Gasteiger partial charge in [-0.25, -0.2) is 4.79 Å². The molecule has 2 fully saturated rings. The van der Waals surface area contributed by atoms with E-state index in [1.165, 1.54) is 5.56 Å². The standard InChI is InChI=1S/C24H30N2O3/c27-23(26-13-12-24(18-26)11-5-14-29-19-24)25-22-9-4-8-21(16-22)17-28-15-10-20-6-2-1-3-7-20/h1-4,6-9,16H,5,10-15,17-19H2,(H,25,27). The predicted molar refractivity (Wildman–Crippen MR) is 114 cm³/mol. The second-order valence-electron chi connectivity index (χ2n) is 8.25. The Morgan fingerprint density at radius 2 is 1.97 bits per heavy atom. The Morgan fingerprint density at radius 3 is 2.79 bits per heavy atom. The van der Waals surface area contributed by atoms with Crippen molar-refractivity contribution in [2.75, 3.05) is 38.2 Å². The Hall–Kier alpha value is -2.37. The van der Waals surface area contributed by atoms with E-state index < -0.39 is 0 Å². The summed E-state index contributed by atoms with van der Waals surface area (Å²) in [7, 11) is 0. The van der Waals surface area contributed by atoms with E-state index in [0.717, 1.165) is 63.2 Å². The molecule has 1 atom stereocenters. The molecule has 2 saturated heterocycles. The van der Waals surface area contributed by atoms with Crippen molar-refractivity contribution >= 4 is 11.7 Å². The molecular weight excluding hydrogens is 364 g/mol. The van der Waals surface area contributed by atoms with Crippen molar-refractivity contribution in [3.63, 3.8) is 0 Å². The minimum absolute atomic E-state index is 0.0189. The fourth-order valence-electron chi connectivity index (χ4n) is 4.31. The third-order valence-corrected chi connectivity index (χ3v) is 5.95. The number of benzene rings is 2. The SMILES string of the molecule is O=C(Nc1cccc(COCCc2ccccc2)c1)N1CCC2(CCCOC2)C1. The van der Waals surface area contributed by atoms with Gasteiger partial charge in [0.15, 0.2) is 0 Å². The Morgan fingerprint density at radius 1 is 1.10 bits per heavy atom. The van der Waals surface area contributed by atoms with Gasteiger partial charge in [0.25, 0.3) is 0 Å². The van der Waals surface area contributed by atoms with E-state index in [-0.39, 0.29) is 11.4 Å². The lowest BCUT2D eigenvalue weighted by Gasteiger charge is -2.32. The summed E-state index contributed by atoms with van der Waals surface area (Å²) in [4.78, 5) is 14.6. The van der Waals surface area contributed by atoms with Crippen LogP contribution >= 0.6 is 0 Å². The summed E-state index contributed by atoms with van der Waals surface area (Å²) in [5.74, 6) is 0. The number of nitrogens with one attached hydrogen (secondary N) is 1. The number of urea groups is 1. The van der Waals surface area contributed by atoms with Crippen molar-refractivity contribution in [3.8, 4) is 0 Å². The second kappa shape index (κ2) is 9.42. The number of hydrogen-bond donors (Lipinski definition) is 1. The quantitative estimate of drug-likeness (QED) is 0.735. The number of anilines is 1. The highest BCUT2D eigenvalue weighted by atomic mass is 16.5. The van der Waals surface area contributed by atoms with E-state index in [1.807, 2.05) is 47.4 Å². The fraction of sp³-hybridized carbons (Fsp3) is 0.458. The largest absolute Gasteiger partial charge is 0.381 e. The lowest BCUT2D eigenvalue weighted by atomic mass is 9.82. The van der Waals surface area contributed by atoms with Crippen LogP contribution in [0.1, 0.15) is 30.4 Å². The van der Waals surface area contributed by atoms with E-state index in [2.05, 4.69) is 17.4 Å². The first-order valence-corrected chi connectivity index (χ1v) is 10.6. The van der Waals surface area contributed by atoms with Gasteiger partial charge in [-0.1, -0.05) is 42.5 Å². The normalized spacial score (nSPS) is 21.4. The molecule has 0 saturated carbocycles. The molecule has 0 bridgehead atoms. The van der Waals surface area contributed by atoms with Gasteiger partial charge < -0.3 is 19.7 Å². The van der Waals surface area contributed by atoms with E-state index in [0.29, 0.717) is 13.2 Å². The molecule has 4 rings (SSSR count). The maximum Gasteiger partial charge on any atom is 0.321 e. The number of amides is 2. The molecule has 0 aliphatic carbocycles. The highest BCUT2D eigenvalue weighted by Crippen LogP contribution is 2.38. The Bertz CT molecular complexity index is 803. The molecule has 0 aromatic heterocycles. The molecule has 2 aromatic carbocycles. The molecule has 0 radical (unpaired) electrons. The zero-order valence-electron chi connectivity index (χ0n) is 16.9. The van der Waals surface area contributed by atoms with Crippen LogP contribution in [-0.2, 0) is 22.5 Å². The van der Waals surface area contributed by atoms with Crippen LogP contribution in [-0.4, -0.2) is 43.8 Å². The van der Waals surface area contributed by atoms with Crippen LogP contribution in [0.15, 0.2) is 54.6 Å². The molecule has 2 aliphatic rings. The molecule has 1 N–H and O–H groups in total. The molecule has 2 aliphatic heterocycles. The van der Waals surface area contributed by atoms with Crippen LogP contribution in [0, 0.1) is 5.41 Å². The van der Waals surface area contributed by atoms with E-state index in [4.69, 9.17) is 9.47 Å². The minimum atomic E-state index is -0.0189. The van der Waals surface area contributed by atoms with Gasteiger partial charge in [0.1, 0.15) is 0 Å². The Labute approximate surface area is 173 Å². The molecule has 5 nitrogen and oxygen atoms in total. The van der Waals surface area contributed by atoms with Crippen molar-refractivity contribution in [3.05, 3.63) is 65.7 Å². The molecule has 1 unspecified atom stereocenters. The van der Waals surface area contributed by atoms with Crippen LogP contribution in [0.4, 0.5) is 10.5 Å². The summed E-state index contributed by atoms with van der Waals surface area (Å²) in [6, 6.07) is 18.2. The van der Waals surface area contributed by atoms with Crippen LogP contribution in [0.3, 0.4) is 0 Å². The first-order valence-electron chi connectivity index (χ1n) is 10.6. The van der Waals surface area contributed by atoms with Gasteiger partial charge in [-0.3, -0.25) is 0 Å². The summed E-state index contributed by atoms with van der Waals surface area (Å²) in [5, 5.41) is 3.05. The summed E-state index contributed by atoms with van der Waals surface area (Å²) in [6.45, 7) is 4.46. The van der Waals surface area contributed by atoms with Gasteiger partial charge in [0, 0.05) is 30.8 Å². The van der Waals surface area contributed by atoms with Crippen molar-refractivity contribution in [2.24, 2.45) is 5.41 Å². The van der Waals surface area contributed by atoms with Crippen LogP contribution < -0.4 is 5.32 Å². The first kappa shape index (κ1) is 19.9. The number of ether oxygens (including phenoxy) is 2. The van der Waals surface area contributed by atoms with Crippen LogP contribution in [0.25, 0.3) is 0 Å². The molecule has 2 aromatic rings. The number of likely N-dealkylation sites (tertiary alicyclic amines) is 1. The van der Waals surface area contributed by atoms with Gasteiger partial charge in [0.05, 0.1) is 19.8 Å². The lowest BCUT2D eigenvalue weighted by Crippen LogP contribution is -2.38. The lowest BCUT2D eigenvalue weighted by molar-refractivity contribution is -0.000213. The van der Waals surface area contributed by atoms with Gasteiger partial charge in [-0.2, -0.15) is 0 Å². The smallest absolute Gasteiger partial charge is 0.321 e. The van der Waals surface area contributed by atoms with Crippen molar-refractivity contribution < 1.29 is 14.3 Å². The highest BCUT2D eigenvalue weighted by Gasteiger charge is 2.41. The number of hydrogen-bond acceptors (Lipinski definition) is 3.